The summed E-state index contributed by atoms with van der Waals surface area (Å²) in [5, 5.41) is 8.25. The second-order valence-electron chi connectivity index (χ2n) is 2.12. The molecule has 1 atom stereocenters. The van der Waals surface area contributed by atoms with E-state index in [0.29, 0.717) is 0 Å². The molecule has 0 aliphatic carbocycles. The molecule has 0 radical (unpaired) electrons. The molecule has 0 amide bonds. The Balaban J connectivity index is 3.76. The maximum atomic E-state index is 10.8. The minimum atomic E-state index is -1.13. The van der Waals surface area contributed by atoms with Crippen molar-refractivity contribution in [2.24, 2.45) is 5.73 Å². The molecule has 0 fully saturated rings. The van der Waals surface area contributed by atoms with E-state index in [0.717, 1.165) is 0 Å². The van der Waals surface area contributed by atoms with E-state index in [1.165, 1.54) is 6.08 Å². The predicted molar refractivity (Wildman–Crippen MR) is 41.4 cm³/mol. The fourth-order valence-corrected chi connectivity index (χ4v) is 0.520. The lowest BCUT2D eigenvalue weighted by Crippen LogP contribution is -2.34. The van der Waals surface area contributed by atoms with Gasteiger partial charge in [0.2, 0.25) is 0 Å². The third kappa shape index (κ3) is 4.45. The SMILES string of the molecule is C=CCOC(=O)C(N)CC(=O)O. The average molecular weight is 173 g/mol. The first-order chi connectivity index (χ1) is 5.57. The van der Waals surface area contributed by atoms with E-state index in [9.17, 15) is 9.59 Å². The van der Waals surface area contributed by atoms with Crippen molar-refractivity contribution in [3.05, 3.63) is 12.7 Å². The van der Waals surface area contributed by atoms with E-state index in [1.54, 1.807) is 0 Å². The van der Waals surface area contributed by atoms with Gasteiger partial charge >= 0.3 is 11.9 Å². The maximum absolute atomic E-state index is 10.8. The maximum Gasteiger partial charge on any atom is 0.323 e. The monoisotopic (exact) mass is 173 g/mol. The van der Waals surface area contributed by atoms with Crippen LogP contribution < -0.4 is 5.73 Å². The summed E-state index contributed by atoms with van der Waals surface area (Å²) in [5.41, 5.74) is 5.17. The molecular weight excluding hydrogens is 162 g/mol. The van der Waals surface area contributed by atoms with Gasteiger partial charge in [-0.25, -0.2) is 0 Å². The van der Waals surface area contributed by atoms with Crippen LogP contribution in [0, 0.1) is 0 Å². The molecule has 3 N–H and O–H groups in total. The summed E-state index contributed by atoms with van der Waals surface area (Å²) in [4.78, 5) is 20.9. The van der Waals surface area contributed by atoms with Gasteiger partial charge in [-0.2, -0.15) is 0 Å². The van der Waals surface area contributed by atoms with Gasteiger partial charge in [0.05, 0.1) is 6.42 Å². The normalized spacial score (nSPS) is 11.8. The number of carbonyl (C=O) groups excluding carboxylic acids is 1. The highest BCUT2D eigenvalue weighted by Crippen LogP contribution is 1.92. The van der Waals surface area contributed by atoms with Crippen molar-refractivity contribution in [2.45, 2.75) is 12.5 Å². The van der Waals surface area contributed by atoms with Crippen LogP contribution >= 0.6 is 0 Å². The first kappa shape index (κ1) is 10.6. The van der Waals surface area contributed by atoms with Gasteiger partial charge in [0.25, 0.3) is 0 Å². The molecule has 0 aromatic carbocycles. The predicted octanol–water partition coefficient (Wildman–Crippen LogP) is -0.482. The number of ether oxygens (including phenoxy) is 1. The molecule has 0 saturated heterocycles. The molecule has 68 valence electrons. The van der Waals surface area contributed by atoms with Crippen molar-refractivity contribution in [3.8, 4) is 0 Å². The van der Waals surface area contributed by atoms with Gasteiger partial charge in [-0.05, 0) is 0 Å². The molecule has 12 heavy (non-hydrogen) atoms. The van der Waals surface area contributed by atoms with Gasteiger partial charge in [0.1, 0.15) is 12.6 Å². The summed E-state index contributed by atoms with van der Waals surface area (Å²) in [5.74, 6) is -1.85. The van der Waals surface area contributed by atoms with E-state index in [1.807, 2.05) is 0 Å². The molecule has 0 heterocycles. The van der Waals surface area contributed by atoms with Crippen LogP contribution in [0.3, 0.4) is 0 Å². The lowest BCUT2D eigenvalue weighted by atomic mass is 10.2. The number of hydrogen-bond acceptors (Lipinski definition) is 4. The van der Waals surface area contributed by atoms with Gasteiger partial charge in [0.15, 0.2) is 0 Å². The fraction of sp³-hybridized carbons (Fsp3) is 0.429. The van der Waals surface area contributed by atoms with Gasteiger partial charge in [-0.15, -0.1) is 0 Å². The molecular formula is C7H11NO4. The Labute approximate surface area is 69.8 Å². The molecule has 0 aromatic rings. The third-order valence-corrected chi connectivity index (χ3v) is 1.04. The summed E-state index contributed by atoms with van der Waals surface area (Å²) in [6, 6.07) is -1.09. The molecule has 0 aliphatic heterocycles. The van der Waals surface area contributed by atoms with Crippen LogP contribution in [-0.2, 0) is 14.3 Å². The molecule has 5 nitrogen and oxygen atoms in total. The Morgan fingerprint density at radius 1 is 1.67 bits per heavy atom. The van der Waals surface area contributed by atoms with E-state index in [2.05, 4.69) is 11.3 Å². The third-order valence-electron chi connectivity index (χ3n) is 1.04. The van der Waals surface area contributed by atoms with E-state index < -0.39 is 24.4 Å². The Bertz CT molecular complexity index is 190. The van der Waals surface area contributed by atoms with E-state index in [4.69, 9.17) is 10.8 Å². The summed E-state index contributed by atoms with van der Waals surface area (Å²) < 4.78 is 4.51. The highest BCUT2D eigenvalue weighted by atomic mass is 16.5. The number of rotatable bonds is 5. The Morgan fingerprint density at radius 2 is 2.25 bits per heavy atom. The van der Waals surface area contributed by atoms with Crippen molar-refractivity contribution in [3.63, 3.8) is 0 Å². The number of carbonyl (C=O) groups is 2. The van der Waals surface area contributed by atoms with Crippen molar-refractivity contribution in [1.29, 1.82) is 0 Å². The molecule has 0 rings (SSSR count). The van der Waals surface area contributed by atoms with Crippen LogP contribution in [0.5, 0.6) is 0 Å². The van der Waals surface area contributed by atoms with Crippen LogP contribution in [0.1, 0.15) is 6.42 Å². The number of hydrogen-bond donors (Lipinski definition) is 2. The van der Waals surface area contributed by atoms with Gasteiger partial charge in [0, 0.05) is 0 Å². The lowest BCUT2D eigenvalue weighted by Gasteiger charge is -2.06. The molecule has 1 unspecified atom stereocenters. The van der Waals surface area contributed by atoms with E-state index >= 15 is 0 Å². The molecule has 0 spiro atoms. The van der Waals surface area contributed by atoms with Crippen LogP contribution in [0.25, 0.3) is 0 Å². The van der Waals surface area contributed by atoms with Gasteiger partial charge < -0.3 is 15.6 Å². The largest absolute Gasteiger partial charge is 0.481 e. The van der Waals surface area contributed by atoms with Crippen LogP contribution in [-0.4, -0.2) is 29.7 Å². The number of aliphatic carboxylic acids is 1. The lowest BCUT2D eigenvalue weighted by molar-refractivity contribution is -0.148. The fourth-order valence-electron chi connectivity index (χ4n) is 0.520. The van der Waals surface area contributed by atoms with E-state index in [-0.39, 0.29) is 6.61 Å². The van der Waals surface area contributed by atoms with Crippen molar-refractivity contribution >= 4 is 11.9 Å². The van der Waals surface area contributed by atoms with Gasteiger partial charge in [-0.3, -0.25) is 9.59 Å². The molecule has 5 heteroatoms. The van der Waals surface area contributed by atoms with Crippen molar-refractivity contribution in [2.75, 3.05) is 6.61 Å². The topological polar surface area (TPSA) is 89.6 Å². The quantitative estimate of drug-likeness (QED) is 0.433. The first-order valence-corrected chi connectivity index (χ1v) is 3.32. The highest BCUT2D eigenvalue weighted by Gasteiger charge is 2.17. The summed E-state index contributed by atoms with van der Waals surface area (Å²) in [6.45, 7) is 3.37. The summed E-state index contributed by atoms with van der Waals surface area (Å²) in [6.07, 6.45) is 0.960. The standard InChI is InChI=1S/C7H11NO4/c1-2-3-12-7(11)5(8)4-6(9)10/h2,5H,1,3-4,8H2,(H,9,10). The van der Waals surface area contributed by atoms with Gasteiger partial charge in [-0.1, -0.05) is 12.7 Å². The molecule has 0 saturated carbocycles. The minimum Gasteiger partial charge on any atom is -0.481 e. The smallest absolute Gasteiger partial charge is 0.323 e. The van der Waals surface area contributed by atoms with Crippen molar-refractivity contribution < 1.29 is 19.4 Å². The summed E-state index contributed by atoms with van der Waals surface area (Å²) in [7, 11) is 0. The van der Waals surface area contributed by atoms with Crippen LogP contribution in [0.15, 0.2) is 12.7 Å². The van der Waals surface area contributed by atoms with Crippen LogP contribution in [0.2, 0.25) is 0 Å². The molecule has 0 aliphatic rings. The number of carboxylic acids is 1. The highest BCUT2D eigenvalue weighted by molar-refractivity contribution is 5.81. The van der Waals surface area contributed by atoms with Crippen molar-refractivity contribution in [1.82, 2.24) is 0 Å². The first-order valence-electron chi connectivity index (χ1n) is 3.32. The number of nitrogens with two attached hydrogens (primary N) is 1. The zero-order valence-corrected chi connectivity index (χ0v) is 6.53. The zero-order valence-electron chi connectivity index (χ0n) is 6.53. The Morgan fingerprint density at radius 3 is 2.67 bits per heavy atom. The minimum absolute atomic E-state index is 0.0478. The van der Waals surface area contributed by atoms with Crippen LogP contribution in [0.4, 0.5) is 0 Å². The second kappa shape index (κ2) is 5.31. The molecule has 0 aromatic heterocycles. The zero-order chi connectivity index (χ0) is 9.56. The molecule has 0 bridgehead atoms. The summed E-state index contributed by atoms with van der Waals surface area (Å²) >= 11 is 0. The average Bonchev–Trinajstić information content (AvgIpc) is 1.98. The number of carboxylic acid groups (broad SMARTS) is 1. The number of esters is 1. The Kier molecular flexibility index (Phi) is 4.71. The second-order valence-corrected chi connectivity index (χ2v) is 2.12. The Hall–Kier alpha value is -1.36.